The van der Waals surface area contributed by atoms with Crippen LogP contribution in [0.15, 0.2) is 92.7 Å². The zero-order valence-electron chi connectivity index (χ0n) is 21.3. The number of aryl methyl sites for hydroxylation is 2. The van der Waals surface area contributed by atoms with E-state index in [0.29, 0.717) is 28.1 Å². The van der Waals surface area contributed by atoms with E-state index >= 15 is 0 Å². The third-order valence-electron chi connectivity index (χ3n) is 6.37. The number of benzene rings is 3. The number of rotatable bonds is 5. The molecular weight excluding hydrogens is 480 g/mol. The lowest BCUT2D eigenvalue weighted by Crippen LogP contribution is -2.30. The number of amides is 1. The molecule has 0 saturated carbocycles. The first-order chi connectivity index (χ1) is 17.8. The van der Waals surface area contributed by atoms with Crippen LogP contribution in [0, 0.1) is 13.8 Å². The smallest absolute Gasteiger partial charge is 0.336 e. The lowest BCUT2D eigenvalue weighted by molar-refractivity contribution is -0.113. The first-order valence-electron chi connectivity index (χ1n) is 12.3. The largest absolute Gasteiger partial charge is 0.423 e. The monoisotopic (exact) mass is 508 g/mol. The summed E-state index contributed by atoms with van der Waals surface area (Å²) in [4.78, 5) is 32.2. The Balaban J connectivity index is 1.50. The van der Waals surface area contributed by atoms with Gasteiger partial charge >= 0.3 is 5.63 Å². The number of amidine groups is 1. The molecule has 4 aromatic rings. The van der Waals surface area contributed by atoms with Crippen molar-refractivity contribution in [3.05, 3.63) is 117 Å². The zero-order valence-corrected chi connectivity index (χ0v) is 22.1. The van der Waals surface area contributed by atoms with Crippen LogP contribution in [0.2, 0.25) is 0 Å². The first-order valence-corrected chi connectivity index (χ1v) is 13.2. The summed E-state index contributed by atoms with van der Waals surface area (Å²) in [6.45, 7) is 8.28. The van der Waals surface area contributed by atoms with Gasteiger partial charge in [0, 0.05) is 17.2 Å². The maximum Gasteiger partial charge on any atom is 0.336 e. The van der Waals surface area contributed by atoms with Gasteiger partial charge in [-0.3, -0.25) is 9.69 Å². The molecule has 0 atom stereocenters. The molecule has 1 amide bonds. The van der Waals surface area contributed by atoms with E-state index in [4.69, 9.17) is 9.41 Å². The van der Waals surface area contributed by atoms with E-state index in [1.54, 1.807) is 4.90 Å². The fraction of sp³-hybridized carbons (Fsp3) is 0.194. The Morgan fingerprint density at radius 3 is 2.32 bits per heavy atom. The second-order valence-electron chi connectivity index (χ2n) is 9.60. The van der Waals surface area contributed by atoms with Crippen molar-refractivity contribution in [2.24, 2.45) is 4.99 Å². The number of fused-ring (bicyclic) bond motifs is 1. The van der Waals surface area contributed by atoms with Crippen molar-refractivity contribution in [2.45, 2.75) is 39.4 Å². The average molecular weight is 509 g/mol. The molecule has 3 aromatic carbocycles. The molecule has 0 N–H and O–H groups in total. The van der Waals surface area contributed by atoms with Gasteiger partial charge in [-0.2, -0.15) is 0 Å². The predicted molar refractivity (Wildman–Crippen MR) is 153 cm³/mol. The SMILES string of the molecule is Cc1ccc(N2C(=O)/C(=C\c3ccc(C(C)C)cc3)N=C2SCc2cc(=O)oc3cc(C)ccc23)cc1. The van der Waals surface area contributed by atoms with E-state index in [1.165, 1.54) is 23.4 Å². The number of anilines is 1. The lowest BCUT2D eigenvalue weighted by atomic mass is 10.0. The maximum absolute atomic E-state index is 13.6. The highest BCUT2D eigenvalue weighted by molar-refractivity contribution is 8.13. The summed E-state index contributed by atoms with van der Waals surface area (Å²) in [6, 6.07) is 23.4. The van der Waals surface area contributed by atoms with Gasteiger partial charge in [-0.05, 0) is 66.3 Å². The van der Waals surface area contributed by atoms with Crippen molar-refractivity contribution in [1.29, 1.82) is 0 Å². The Bertz CT molecular complexity index is 1600. The van der Waals surface area contributed by atoms with Gasteiger partial charge in [0.05, 0.1) is 5.69 Å². The van der Waals surface area contributed by atoms with Crippen molar-refractivity contribution in [3.63, 3.8) is 0 Å². The molecule has 5 nitrogen and oxygen atoms in total. The molecule has 1 aromatic heterocycles. The number of aliphatic imine (C=N–C) groups is 1. The molecule has 0 unspecified atom stereocenters. The maximum atomic E-state index is 13.6. The number of hydrogen-bond donors (Lipinski definition) is 0. The minimum Gasteiger partial charge on any atom is -0.423 e. The lowest BCUT2D eigenvalue weighted by Gasteiger charge is -2.18. The molecule has 0 spiro atoms. The highest BCUT2D eigenvalue weighted by atomic mass is 32.2. The first kappa shape index (κ1) is 24.8. The number of nitrogens with zero attached hydrogens (tertiary/aromatic N) is 2. The van der Waals surface area contributed by atoms with Crippen molar-refractivity contribution in [2.75, 3.05) is 4.90 Å². The van der Waals surface area contributed by atoms with Crippen LogP contribution in [0.5, 0.6) is 0 Å². The van der Waals surface area contributed by atoms with Gasteiger partial charge in [-0.25, -0.2) is 9.79 Å². The zero-order chi connectivity index (χ0) is 26.1. The number of carbonyl (C=O) groups excluding carboxylic acids is 1. The summed E-state index contributed by atoms with van der Waals surface area (Å²) in [7, 11) is 0. The third-order valence-corrected chi connectivity index (χ3v) is 7.36. The van der Waals surface area contributed by atoms with Crippen molar-refractivity contribution in [3.8, 4) is 0 Å². The minimum atomic E-state index is -0.390. The molecule has 6 heteroatoms. The molecule has 0 radical (unpaired) electrons. The molecule has 186 valence electrons. The molecule has 37 heavy (non-hydrogen) atoms. The average Bonchev–Trinajstić information content (AvgIpc) is 3.17. The van der Waals surface area contributed by atoms with E-state index in [1.807, 2.05) is 74.5 Å². The molecule has 1 aliphatic rings. The molecule has 1 aliphatic heterocycles. The van der Waals surface area contributed by atoms with Gasteiger partial charge < -0.3 is 4.42 Å². The van der Waals surface area contributed by atoms with Crippen LogP contribution < -0.4 is 10.5 Å². The van der Waals surface area contributed by atoms with Crippen molar-refractivity contribution >= 4 is 45.6 Å². The third kappa shape index (κ3) is 5.30. The Hall–Kier alpha value is -3.90. The van der Waals surface area contributed by atoms with Gasteiger partial charge in [0.15, 0.2) is 5.17 Å². The molecular formula is C31H28N2O3S. The Labute approximate surface area is 220 Å². The summed E-state index contributed by atoms with van der Waals surface area (Å²) in [5.41, 5.74) is 6.46. The number of hydrogen-bond acceptors (Lipinski definition) is 5. The highest BCUT2D eigenvalue weighted by Crippen LogP contribution is 2.32. The minimum absolute atomic E-state index is 0.174. The van der Waals surface area contributed by atoms with Crippen LogP contribution in [0.4, 0.5) is 5.69 Å². The van der Waals surface area contributed by atoms with E-state index in [2.05, 4.69) is 26.0 Å². The van der Waals surface area contributed by atoms with E-state index in [0.717, 1.165) is 33.3 Å². The topological polar surface area (TPSA) is 62.9 Å². The molecule has 0 bridgehead atoms. The van der Waals surface area contributed by atoms with Crippen molar-refractivity contribution in [1.82, 2.24) is 0 Å². The standard InChI is InChI=1S/C31H28N2O3S/c1-19(2)23-10-8-22(9-11-23)16-27-30(35)33(25-12-5-20(3)6-13-25)31(32-27)37-18-24-17-29(34)36-28-15-21(4)7-14-26(24)28/h5-17,19H,18H2,1-4H3/b27-16+. The fourth-order valence-electron chi connectivity index (χ4n) is 4.25. The second-order valence-corrected chi connectivity index (χ2v) is 10.5. The van der Waals surface area contributed by atoms with E-state index in [9.17, 15) is 9.59 Å². The van der Waals surface area contributed by atoms with E-state index in [-0.39, 0.29) is 11.5 Å². The number of carbonyl (C=O) groups is 1. The van der Waals surface area contributed by atoms with E-state index < -0.39 is 0 Å². The predicted octanol–water partition coefficient (Wildman–Crippen LogP) is 7.21. The summed E-state index contributed by atoms with van der Waals surface area (Å²) >= 11 is 1.43. The molecule has 2 heterocycles. The Kier molecular flexibility index (Phi) is 6.85. The van der Waals surface area contributed by atoms with Gasteiger partial charge in [-0.15, -0.1) is 0 Å². The summed E-state index contributed by atoms with van der Waals surface area (Å²) in [5, 5.41) is 1.46. The van der Waals surface area contributed by atoms with Crippen LogP contribution in [-0.4, -0.2) is 11.1 Å². The van der Waals surface area contributed by atoms with Crippen LogP contribution in [-0.2, 0) is 10.5 Å². The summed E-state index contributed by atoms with van der Waals surface area (Å²) < 4.78 is 5.41. The molecule has 5 rings (SSSR count). The fourth-order valence-corrected chi connectivity index (χ4v) is 5.25. The van der Waals surface area contributed by atoms with Gasteiger partial charge in [0.1, 0.15) is 11.3 Å². The number of thioether (sulfide) groups is 1. The summed E-state index contributed by atoms with van der Waals surface area (Å²) in [5.74, 6) is 0.733. The van der Waals surface area contributed by atoms with Gasteiger partial charge in [0.25, 0.3) is 5.91 Å². The van der Waals surface area contributed by atoms with Crippen LogP contribution >= 0.6 is 11.8 Å². The van der Waals surface area contributed by atoms with Gasteiger partial charge in [0.2, 0.25) is 0 Å². The molecule has 0 saturated heterocycles. The Morgan fingerprint density at radius 1 is 0.919 bits per heavy atom. The van der Waals surface area contributed by atoms with Crippen LogP contribution in [0.1, 0.15) is 47.6 Å². The summed E-state index contributed by atoms with van der Waals surface area (Å²) in [6.07, 6.45) is 1.83. The highest BCUT2D eigenvalue weighted by Gasteiger charge is 2.32. The van der Waals surface area contributed by atoms with Crippen LogP contribution in [0.3, 0.4) is 0 Å². The second kappa shape index (κ2) is 10.2. The van der Waals surface area contributed by atoms with Gasteiger partial charge in [-0.1, -0.05) is 79.7 Å². The Morgan fingerprint density at radius 2 is 1.62 bits per heavy atom. The normalized spacial score (nSPS) is 14.7. The molecule has 0 fully saturated rings. The van der Waals surface area contributed by atoms with Crippen LogP contribution in [0.25, 0.3) is 17.0 Å². The molecule has 0 aliphatic carbocycles. The quantitative estimate of drug-likeness (QED) is 0.211. The van der Waals surface area contributed by atoms with Crippen molar-refractivity contribution < 1.29 is 9.21 Å².